The Labute approximate surface area is 211 Å². The lowest BCUT2D eigenvalue weighted by molar-refractivity contribution is -0.125. The molecule has 36 heavy (non-hydrogen) atoms. The lowest BCUT2D eigenvalue weighted by atomic mass is 10.0. The van der Waals surface area contributed by atoms with E-state index in [1.165, 1.54) is 0 Å². The topological polar surface area (TPSA) is 87.9 Å². The lowest BCUT2D eigenvalue weighted by Crippen LogP contribution is -2.44. The molecule has 1 unspecified atom stereocenters. The molecule has 3 aromatic rings. The minimum absolute atomic E-state index is 0.104. The van der Waals surface area contributed by atoms with Gasteiger partial charge < -0.3 is 24.2 Å². The second-order valence-corrected chi connectivity index (χ2v) is 9.08. The minimum Gasteiger partial charge on any atom is -0.461 e. The average Bonchev–Trinajstić information content (AvgIpc) is 3.22. The number of carbonyl (C=O) groups excluding carboxylic acids is 2. The van der Waals surface area contributed by atoms with E-state index in [2.05, 4.69) is 15.2 Å². The zero-order chi connectivity index (χ0) is 25.5. The standard InChI is InChI=1S/C28H34N4O4/c1-20-25(24-6-4-5-7-26(24)36-20)18-31(3)27(34)11-8-21-16-22(28(29-2)30-17-21)9-10-23(19-33)32-12-14-35-15-13-32/h4-8,11,16-17,19,23H,9-10,12-15,18H2,1-3H3,(H,29,30)/b11-8+. The van der Waals surface area contributed by atoms with Crippen LogP contribution in [-0.2, 0) is 27.3 Å². The van der Waals surface area contributed by atoms with Crippen molar-refractivity contribution >= 4 is 35.1 Å². The number of hydrogen-bond acceptors (Lipinski definition) is 7. The van der Waals surface area contributed by atoms with Crippen molar-refractivity contribution in [3.8, 4) is 0 Å². The van der Waals surface area contributed by atoms with Gasteiger partial charge in [0.05, 0.1) is 19.3 Å². The van der Waals surface area contributed by atoms with Gasteiger partial charge in [-0.15, -0.1) is 0 Å². The lowest BCUT2D eigenvalue weighted by Gasteiger charge is -2.31. The number of anilines is 1. The summed E-state index contributed by atoms with van der Waals surface area (Å²) in [4.78, 5) is 32.9. The van der Waals surface area contributed by atoms with Crippen molar-refractivity contribution < 1.29 is 18.7 Å². The Morgan fingerprint density at radius 1 is 1.28 bits per heavy atom. The number of hydrogen-bond donors (Lipinski definition) is 1. The first-order valence-corrected chi connectivity index (χ1v) is 12.3. The summed E-state index contributed by atoms with van der Waals surface area (Å²) < 4.78 is 11.2. The summed E-state index contributed by atoms with van der Waals surface area (Å²) in [6.45, 7) is 5.25. The van der Waals surface area contributed by atoms with Crippen molar-refractivity contribution in [2.75, 3.05) is 45.7 Å². The summed E-state index contributed by atoms with van der Waals surface area (Å²) in [6, 6.07) is 9.74. The molecule has 8 nitrogen and oxygen atoms in total. The molecule has 1 aromatic carbocycles. The number of aryl methyl sites for hydroxylation is 2. The Morgan fingerprint density at radius 2 is 2.06 bits per heavy atom. The van der Waals surface area contributed by atoms with Crippen LogP contribution in [0.3, 0.4) is 0 Å². The maximum absolute atomic E-state index is 12.8. The molecule has 1 aliphatic rings. The van der Waals surface area contributed by atoms with Gasteiger partial charge in [-0.25, -0.2) is 4.98 Å². The number of benzene rings is 1. The number of rotatable bonds is 10. The number of amides is 1. The molecule has 0 spiro atoms. The molecule has 3 heterocycles. The number of para-hydroxylation sites is 1. The summed E-state index contributed by atoms with van der Waals surface area (Å²) in [5.74, 6) is 1.50. The molecule has 1 N–H and O–H groups in total. The van der Waals surface area contributed by atoms with E-state index in [9.17, 15) is 9.59 Å². The van der Waals surface area contributed by atoms with Gasteiger partial charge >= 0.3 is 0 Å². The number of fused-ring (bicyclic) bond motifs is 1. The predicted octanol–water partition coefficient (Wildman–Crippen LogP) is 3.68. The molecule has 2 aromatic heterocycles. The van der Waals surface area contributed by atoms with Crippen LogP contribution >= 0.6 is 0 Å². The first kappa shape index (κ1) is 25.6. The second kappa shape index (κ2) is 12.0. The van der Waals surface area contributed by atoms with Crippen LogP contribution in [0.5, 0.6) is 0 Å². The molecule has 0 saturated carbocycles. The van der Waals surface area contributed by atoms with Crippen molar-refractivity contribution in [1.82, 2.24) is 14.8 Å². The molecule has 0 aliphatic carbocycles. The van der Waals surface area contributed by atoms with Crippen LogP contribution in [-0.4, -0.2) is 73.4 Å². The number of morpholine rings is 1. The Bertz CT molecular complexity index is 1230. The van der Waals surface area contributed by atoms with Gasteiger partial charge in [0, 0.05) is 57.0 Å². The number of nitrogens with one attached hydrogen (secondary N) is 1. The Balaban J connectivity index is 1.41. The molecule has 0 bridgehead atoms. The Hall–Kier alpha value is -3.49. The number of ether oxygens (including phenoxy) is 1. The number of furan rings is 1. The molecule has 1 amide bonds. The summed E-state index contributed by atoms with van der Waals surface area (Å²) in [6.07, 6.45) is 7.53. The van der Waals surface area contributed by atoms with Crippen molar-refractivity contribution in [1.29, 1.82) is 0 Å². The van der Waals surface area contributed by atoms with Gasteiger partial charge in [0.1, 0.15) is 23.4 Å². The molecule has 0 radical (unpaired) electrons. The smallest absolute Gasteiger partial charge is 0.246 e. The van der Waals surface area contributed by atoms with Gasteiger partial charge in [0.2, 0.25) is 5.91 Å². The molecular weight excluding hydrogens is 456 g/mol. The third kappa shape index (κ3) is 6.01. The van der Waals surface area contributed by atoms with Crippen molar-refractivity contribution in [2.45, 2.75) is 32.4 Å². The molecular formula is C28H34N4O4. The Morgan fingerprint density at radius 3 is 2.81 bits per heavy atom. The molecule has 1 atom stereocenters. The highest BCUT2D eigenvalue weighted by Crippen LogP contribution is 2.26. The third-order valence-corrected chi connectivity index (χ3v) is 6.70. The second-order valence-electron chi connectivity index (χ2n) is 9.08. The number of carbonyl (C=O) groups is 2. The van der Waals surface area contributed by atoms with Crippen LogP contribution in [0.25, 0.3) is 17.0 Å². The van der Waals surface area contributed by atoms with Gasteiger partial charge in [-0.1, -0.05) is 18.2 Å². The quantitative estimate of drug-likeness (QED) is 0.343. The van der Waals surface area contributed by atoms with E-state index in [4.69, 9.17) is 9.15 Å². The number of pyridine rings is 1. The molecule has 1 fully saturated rings. The maximum Gasteiger partial charge on any atom is 0.246 e. The molecule has 8 heteroatoms. The normalized spacial score (nSPS) is 15.3. The van der Waals surface area contributed by atoms with E-state index in [0.29, 0.717) is 32.6 Å². The molecule has 4 rings (SSSR count). The fourth-order valence-electron chi connectivity index (χ4n) is 4.61. The Kier molecular flexibility index (Phi) is 8.51. The highest BCUT2D eigenvalue weighted by atomic mass is 16.5. The van der Waals surface area contributed by atoms with Crippen LogP contribution in [0.1, 0.15) is 28.9 Å². The highest BCUT2D eigenvalue weighted by Gasteiger charge is 2.21. The van der Waals surface area contributed by atoms with E-state index in [-0.39, 0.29) is 11.9 Å². The minimum atomic E-state index is -0.143. The van der Waals surface area contributed by atoms with E-state index in [0.717, 1.165) is 58.6 Å². The molecule has 190 valence electrons. The number of aldehydes is 1. The van der Waals surface area contributed by atoms with Crippen LogP contribution in [0.15, 0.2) is 47.0 Å². The van der Waals surface area contributed by atoms with E-state index in [1.807, 2.05) is 44.3 Å². The van der Waals surface area contributed by atoms with E-state index < -0.39 is 0 Å². The molecule has 1 saturated heterocycles. The summed E-state index contributed by atoms with van der Waals surface area (Å²) >= 11 is 0. The summed E-state index contributed by atoms with van der Waals surface area (Å²) in [5.41, 5.74) is 3.70. The number of nitrogens with zero attached hydrogens (tertiary/aromatic N) is 3. The van der Waals surface area contributed by atoms with Crippen LogP contribution in [0, 0.1) is 6.92 Å². The van der Waals surface area contributed by atoms with Crippen LogP contribution in [0.2, 0.25) is 0 Å². The van der Waals surface area contributed by atoms with E-state index in [1.54, 1.807) is 30.3 Å². The number of likely N-dealkylation sites (N-methyl/N-ethyl adjacent to an activating group) is 1. The third-order valence-electron chi connectivity index (χ3n) is 6.70. The SMILES string of the molecule is CNc1ncc(/C=C/C(=O)N(C)Cc2c(C)oc3ccccc23)cc1CCC(C=O)N1CCOCC1. The fraction of sp³-hybridized carbons (Fsp3) is 0.393. The van der Waals surface area contributed by atoms with Crippen molar-refractivity contribution in [3.05, 3.63) is 65.1 Å². The van der Waals surface area contributed by atoms with Gasteiger partial charge in [-0.05, 0) is 49.1 Å². The van der Waals surface area contributed by atoms with Crippen molar-refractivity contribution in [2.24, 2.45) is 0 Å². The predicted molar refractivity (Wildman–Crippen MR) is 141 cm³/mol. The van der Waals surface area contributed by atoms with Gasteiger partial charge in [0.15, 0.2) is 0 Å². The first-order valence-electron chi connectivity index (χ1n) is 12.3. The van der Waals surface area contributed by atoms with Crippen molar-refractivity contribution in [3.63, 3.8) is 0 Å². The van der Waals surface area contributed by atoms with Gasteiger partial charge in [-0.3, -0.25) is 9.69 Å². The van der Waals surface area contributed by atoms with Gasteiger partial charge in [-0.2, -0.15) is 0 Å². The monoisotopic (exact) mass is 490 g/mol. The zero-order valence-electron chi connectivity index (χ0n) is 21.2. The van der Waals surface area contributed by atoms with Gasteiger partial charge in [0.25, 0.3) is 0 Å². The van der Waals surface area contributed by atoms with Crippen LogP contribution < -0.4 is 5.32 Å². The average molecular weight is 491 g/mol. The zero-order valence-corrected chi connectivity index (χ0v) is 21.2. The summed E-state index contributed by atoms with van der Waals surface area (Å²) in [7, 11) is 3.62. The fourth-order valence-corrected chi connectivity index (χ4v) is 4.61. The highest BCUT2D eigenvalue weighted by molar-refractivity contribution is 5.92. The molecule has 1 aliphatic heterocycles. The maximum atomic E-state index is 12.8. The number of aromatic nitrogens is 1. The van der Waals surface area contributed by atoms with Crippen LogP contribution in [0.4, 0.5) is 5.82 Å². The van der Waals surface area contributed by atoms with E-state index >= 15 is 0 Å². The summed E-state index contributed by atoms with van der Waals surface area (Å²) in [5, 5.41) is 4.16. The largest absolute Gasteiger partial charge is 0.461 e. The first-order chi connectivity index (χ1) is 17.5.